The van der Waals surface area contributed by atoms with Crippen LogP contribution in [0.1, 0.15) is 11.1 Å². The lowest BCUT2D eigenvalue weighted by Gasteiger charge is -2.20. The zero-order valence-electron chi connectivity index (χ0n) is 11.3. The second-order valence-corrected chi connectivity index (χ2v) is 4.80. The molecule has 0 aliphatic heterocycles. The molecule has 0 aliphatic rings. The Bertz CT molecular complexity index is 549. The van der Waals surface area contributed by atoms with Crippen molar-refractivity contribution in [2.24, 2.45) is 5.73 Å². The monoisotopic (exact) mass is 274 g/mol. The molecule has 0 unspecified atom stereocenters. The van der Waals surface area contributed by atoms with Gasteiger partial charge in [-0.15, -0.1) is 0 Å². The summed E-state index contributed by atoms with van der Waals surface area (Å²) in [6, 6.07) is 7.91. The Labute approximate surface area is 117 Å². The van der Waals surface area contributed by atoms with Crippen LogP contribution in [-0.4, -0.2) is 29.0 Å². The van der Waals surface area contributed by atoms with Crippen LogP contribution in [0.15, 0.2) is 47.3 Å². The molecule has 1 aromatic carbocycles. The highest BCUT2D eigenvalue weighted by molar-refractivity contribution is 5.81. The third-order valence-corrected chi connectivity index (χ3v) is 3.09. The predicted octanol–water partition coefficient (Wildman–Crippen LogP) is 1.51. The van der Waals surface area contributed by atoms with E-state index >= 15 is 0 Å². The third-order valence-electron chi connectivity index (χ3n) is 3.09. The zero-order chi connectivity index (χ0) is 14.5. The number of rotatable bonds is 5. The van der Waals surface area contributed by atoms with E-state index in [0.717, 1.165) is 11.1 Å². The van der Waals surface area contributed by atoms with Crippen molar-refractivity contribution in [3.05, 3.63) is 54.0 Å². The van der Waals surface area contributed by atoms with E-state index in [4.69, 9.17) is 10.2 Å². The average molecular weight is 274 g/mol. The average Bonchev–Trinajstić information content (AvgIpc) is 2.93. The van der Waals surface area contributed by atoms with E-state index in [0.29, 0.717) is 13.0 Å². The van der Waals surface area contributed by atoms with Gasteiger partial charge in [0.25, 0.3) is 0 Å². The maximum atomic E-state index is 12.2. The number of carbonyl (C=O) groups is 1. The lowest BCUT2D eigenvalue weighted by molar-refractivity contribution is -0.131. The molecule has 2 rings (SSSR count). The summed E-state index contributed by atoms with van der Waals surface area (Å²) < 4.78 is 4.97. The van der Waals surface area contributed by atoms with Crippen LogP contribution in [0.4, 0.5) is 0 Å². The number of nitrogens with two attached hydrogens (primary N) is 1. The van der Waals surface area contributed by atoms with Crippen molar-refractivity contribution in [2.75, 3.05) is 7.05 Å². The molecule has 0 aliphatic carbocycles. The lowest BCUT2D eigenvalue weighted by atomic mass is 10.1. The first-order chi connectivity index (χ1) is 9.56. The van der Waals surface area contributed by atoms with Crippen LogP contribution >= 0.6 is 0 Å². The van der Waals surface area contributed by atoms with Gasteiger partial charge in [-0.05, 0) is 30.2 Å². The lowest BCUT2D eigenvalue weighted by Crippen LogP contribution is -2.42. The quantitative estimate of drug-likeness (QED) is 0.866. The van der Waals surface area contributed by atoms with Crippen molar-refractivity contribution in [2.45, 2.75) is 19.0 Å². The van der Waals surface area contributed by atoms with E-state index < -0.39 is 6.04 Å². The topological polar surface area (TPSA) is 79.7 Å². The molecule has 1 aromatic heterocycles. The van der Waals surface area contributed by atoms with Crippen LogP contribution < -0.4 is 5.73 Å². The van der Waals surface area contributed by atoms with Gasteiger partial charge >= 0.3 is 0 Å². The number of furan rings is 1. The Hall–Kier alpha value is -2.27. The SMILES string of the molecule is CN(Cc1ccoc1)C(=O)[C@H](N)Cc1ccc(O)cc1. The summed E-state index contributed by atoms with van der Waals surface area (Å²) in [5, 5.41) is 9.22. The van der Waals surface area contributed by atoms with Crippen molar-refractivity contribution < 1.29 is 14.3 Å². The summed E-state index contributed by atoms with van der Waals surface area (Å²) in [6.07, 6.45) is 3.62. The Morgan fingerprint density at radius 3 is 2.60 bits per heavy atom. The van der Waals surface area contributed by atoms with Crippen LogP contribution in [0.3, 0.4) is 0 Å². The number of likely N-dealkylation sites (N-methyl/N-ethyl adjacent to an activating group) is 1. The largest absolute Gasteiger partial charge is 0.508 e. The maximum absolute atomic E-state index is 12.2. The van der Waals surface area contributed by atoms with Gasteiger partial charge in [0.1, 0.15) is 5.75 Å². The molecule has 0 saturated carbocycles. The highest BCUT2D eigenvalue weighted by Crippen LogP contribution is 2.12. The van der Waals surface area contributed by atoms with Gasteiger partial charge in [-0.3, -0.25) is 4.79 Å². The fraction of sp³-hybridized carbons (Fsp3) is 0.267. The molecular formula is C15H18N2O3. The number of phenolic OH excluding ortho intramolecular Hbond substituents is 1. The molecule has 0 saturated heterocycles. The number of aromatic hydroxyl groups is 1. The van der Waals surface area contributed by atoms with Crippen molar-refractivity contribution in [3.8, 4) is 5.75 Å². The highest BCUT2D eigenvalue weighted by atomic mass is 16.3. The third kappa shape index (κ3) is 3.61. The van der Waals surface area contributed by atoms with Gasteiger partial charge in [-0.2, -0.15) is 0 Å². The van der Waals surface area contributed by atoms with Crippen molar-refractivity contribution in [3.63, 3.8) is 0 Å². The molecule has 0 radical (unpaired) electrons. The molecular weight excluding hydrogens is 256 g/mol. The summed E-state index contributed by atoms with van der Waals surface area (Å²) in [6.45, 7) is 0.471. The van der Waals surface area contributed by atoms with Gasteiger partial charge in [0, 0.05) is 19.2 Å². The highest BCUT2D eigenvalue weighted by Gasteiger charge is 2.18. The fourth-order valence-corrected chi connectivity index (χ4v) is 1.99. The number of hydrogen-bond acceptors (Lipinski definition) is 4. The van der Waals surface area contributed by atoms with Gasteiger partial charge in [-0.25, -0.2) is 0 Å². The minimum Gasteiger partial charge on any atom is -0.508 e. The summed E-state index contributed by atoms with van der Waals surface area (Å²) in [7, 11) is 1.71. The van der Waals surface area contributed by atoms with E-state index in [-0.39, 0.29) is 11.7 Å². The Morgan fingerprint density at radius 1 is 1.30 bits per heavy atom. The summed E-state index contributed by atoms with van der Waals surface area (Å²) in [4.78, 5) is 13.7. The van der Waals surface area contributed by atoms with Crippen LogP contribution in [0, 0.1) is 0 Å². The molecule has 2 aromatic rings. The summed E-state index contributed by atoms with van der Waals surface area (Å²) in [5.41, 5.74) is 7.79. The first-order valence-electron chi connectivity index (χ1n) is 6.36. The number of nitrogens with zero attached hydrogens (tertiary/aromatic N) is 1. The van der Waals surface area contributed by atoms with Gasteiger partial charge in [0.05, 0.1) is 18.6 Å². The molecule has 20 heavy (non-hydrogen) atoms. The Morgan fingerprint density at radius 2 is 2.00 bits per heavy atom. The van der Waals surface area contributed by atoms with E-state index in [1.807, 2.05) is 6.07 Å². The van der Waals surface area contributed by atoms with Crippen LogP contribution in [0.25, 0.3) is 0 Å². The van der Waals surface area contributed by atoms with E-state index in [1.165, 1.54) is 0 Å². The zero-order valence-corrected chi connectivity index (χ0v) is 11.3. The molecule has 1 amide bonds. The van der Waals surface area contributed by atoms with Gasteiger partial charge in [-0.1, -0.05) is 12.1 Å². The van der Waals surface area contributed by atoms with Crippen molar-refractivity contribution in [1.29, 1.82) is 0 Å². The maximum Gasteiger partial charge on any atom is 0.239 e. The smallest absolute Gasteiger partial charge is 0.239 e. The molecule has 5 nitrogen and oxygen atoms in total. The normalized spacial score (nSPS) is 12.1. The van der Waals surface area contributed by atoms with Crippen molar-refractivity contribution in [1.82, 2.24) is 4.90 Å². The minimum absolute atomic E-state index is 0.126. The van der Waals surface area contributed by atoms with Gasteiger partial charge < -0.3 is 20.2 Å². The fourth-order valence-electron chi connectivity index (χ4n) is 1.99. The summed E-state index contributed by atoms with van der Waals surface area (Å²) in [5.74, 6) is 0.0741. The van der Waals surface area contributed by atoms with Gasteiger partial charge in [0.15, 0.2) is 0 Å². The molecule has 106 valence electrons. The number of carbonyl (C=O) groups excluding carboxylic acids is 1. The van der Waals surface area contributed by atoms with Crippen LogP contribution in [-0.2, 0) is 17.8 Å². The van der Waals surface area contributed by atoms with Gasteiger partial charge in [0.2, 0.25) is 5.91 Å². The van der Waals surface area contributed by atoms with Crippen LogP contribution in [0.2, 0.25) is 0 Å². The molecule has 3 N–H and O–H groups in total. The molecule has 5 heteroatoms. The van der Waals surface area contributed by atoms with E-state index in [1.54, 1.807) is 48.7 Å². The molecule has 1 heterocycles. The molecule has 0 fully saturated rings. The number of amides is 1. The standard InChI is InChI=1S/C15H18N2O3/c1-17(9-12-6-7-20-10-12)15(19)14(16)8-11-2-4-13(18)5-3-11/h2-7,10,14,18H,8-9,16H2,1H3/t14-/m1/s1. The number of hydrogen-bond donors (Lipinski definition) is 2. The second kappa shape index (κ2) is 6.25. The summed E-state index contributed by atoms with van der Waals surface area (Å²) >= 11 is 0. The second-order valence-electron chi connectivity index (χ2n) is 4.80. The Balaban J connectivity index is 1.92. The van der Waals surface area contributed by atoms with Crippen molar-refractivity contribution >= 4 is 5.91 Å². The van der Waals surface area contributed by atoms with E-state index in [9.17, 15) is 9.90 Å². The first kappa shape index (κ1) is 14.1. The predicted molar refractivity (Wildman–Crippen MR) is 75.0 cm³/mol. The molecule has 0 bridgehead atoms. The number of phenols is 1. The number of benzene rings is 1. The molecule has 0 spiro atoms. The van der Waals surface area contributed by atoms with E-state index in [2.05, 4.69) is 0 Å². The molecule has 1 atom stereocenters. The Kier molecular flexibility index (Phi) is 4.42. The minimum atomic E-state index is -0.601. The van der Waals surface area contributed by atoms with Crippen LogP contribution in [0.5, 0.6) is 5.75 Å². The first-order valence-corrected chi connectivity index (χ1v) is 6.36.